The number of nitrogens with zero attached hydrogens (tertiary/aromatic N) is 2. The Morgan fingerprint density at radius 3 is 2.64 bits per heavy atom. The number of nitrogens with one attached hydrogen (secondary N) is 1. The molecular weight excluding hydrogens is 320 g/mol. The van der Waals surface area contributed by atoms with Gasteiger partial charge in [0.05, 0.1) is 6.61 Å². The zero-order chi connectivity index (χ0) is 18.3. The lowest BCUT2D eigenvalue weighted by atomic mass is 10.0. The smallest absolute Gasteiger partial charge is 0.246 e. The van der Waals surface area contributed by atoms with E-state index in [0.29, 0.717) is 17.4 Å². The fourth-order valence-corrected chi connectivity index (χ4v) is 2.22. The molecular formula is C18H26N4O3. The van der Waals surface area contributed by atoms with Crippen LogP contribution in [0.2, 0.25) is 0 Å². The standard InChI is InChI=1S/C18H26N4O3/c1-3-4-5-6-7-15-21-16(22-25-15)13-8-10-14(11-9-13)20-17(24)18(2,19)12-23/h8-11,23H,3-7,12,19H2,1-2H3,(H,20,24)/t18-/m0/s1. The number of benzene rings is 1. The Morgan fingerprint density at radius 2 is 2.00 bits per heavy atom. The van der Waals surface area contributed by atoms with Gasteiger partial charge in [-0.1, -0.05) is 31.3 Å². The van der Waals surface area contributed by atoms with Crippen molar-refractivity contribution >= 4 is 11.6 Å². The Kier molecular flexibility index (Phi) is 6.66. The molecule has 0 saturated carbocycles. The molecule has 0 spiro atoms. The first-order valence-electron chi connectivity index (χ1n) is 8.60. The van der Waals surface area contributed by atoms with E-state index in [1.165, 1.54) is 19.8 Å². The highest BCUT2D eigenvalue weighted by Gasteiger charge is 2.27. The summed E-state index contributed by atoms with van der Waals surface area (Å²) < 4.78 is 5.28. The molecule has 7 heteroatoms. The second kappa shape index (κ2) is 8.73. The minimum Gasteiger partial charge on any atom is -0.394 e. The summed E-state index contributed by atoms with van der Waals surface area (Å²) in [5, 5.41) is 15.8. The number of hydrogen-bond acceptors (Lipinski definition) is 6. The van der Waals surface area contributed by atoms with E-state index in [1.54, 1.807) is 24.3 Å². The number of aliphatic hydroxyl groups excluding tert-OH is 1. The summed E-state index contributed by atoms with van der Waals surface area (Å²) in [4.78, 5) is 16.3. The second-order valence-corrected chi connectivity index (χ2v) is 6.43. The number of anilines is 1. The van der Waals surface area contributed by atoms with Crippen LogP contribution in [-0.4, -0.2) is 33.3 Å². The van der Waals surface area contributed by atoms with Crippen LogP contribution in [0.3, 0.4) is 0 Å². The van der Waals surface area contributed by atoms with Crippen LogP contribution in [0.15, 0.2) is 28.8 Å². The number of hydrogen-bond donors (Lipinski definition) is 3. The van der Waals surface area contributed by atoms with Crippen LogP contribution in [-0.2, 0) is 11.2 Å². The Morgan fingerprint density at radius 1 is 1.28 bits per heavy atom. The fourth-order valence-electron chi connectivity index (χ4n) is 2.22. The highest BCUT2D eigenvalue weighted by atomic mass is 16.5. The normalized spacial score (nSPS) is 13.4. The van der Waals surface area contributed by atoms with Crippen molar-refractivity contribution in [2.45, 2.75) is 51.5 Å². The Hall–Kier alpha value is -2.25. The summed E-state index contributed by atoms with van der Waals surface area (Å²) in [5.41, 5.74) is 5.77. The van der Waals surface area contributed by atoms with Crippen molar-refractivity contribution in [2.75, 3.05) is 11.9 Å². The molecule has 0 radical (unpaired) electrons. The van der Waals surface area contributed by atoms with Gasteiger partial charge in [0.15, 0.2) is 0 Å². The molecule has 0 saturated heterocycles. The van der Waals surface area contributed by atoms with Crippen molar-refractivity contribution in [1.82, 2.24) is 10.1 Å². The molecule has 7 nitrogen and oxygen atoms in total. The summed E-state index contributed by atoms with van der Waals surface area (Å²) in [6.07, 6.45) is 5.41. The zero-order valence-electron chi connectivity index (χ0n) is 14.8. The third kappa shape index (κ3) is 5.37. The van der Waals surface area contributed by atoms with Crippen molar-refractivity contribution in [3.05, 3.63) is 30.2 Å². The first-order valence-corrected chi connectivity index (χ1v) is 8.60. The van der Waals surface area contributed by atoms with Crippen LogP contribution in [0.5, 0.6) is 0 Å². The summed E-state index contributed by atoms with van der Waals surface area (Å²) in [6, 6.07) is 7.07. The molecule has 4 N–H and O–H groups in total. The molecule has 1 heterocycles. The molecule has 136 valence electrons. The summed E-state index contributed by atoms with van der Waals surface area (Å²) in [6.45, 7) is 3.22. The van der Waals surface area contributed by atoms with E-state index in [4.69, 9.17) is 15.4 Å². The first kappa shape index (κ1) is 19.1. The maximum atomic E-state index is 11.9. The maximum absolute atomic E-state index is 11.9. The molecule has 1 aromatic carbocycles. The number of rotatable bonds is 9. The van der Waals surface area contributed by atoms with E-state index in [1.807, 2.05) is 0 Å². The molecule has 2 aromatic rings. The quantitative estimate of drug-likeness (QED) is 0.601. The lowest BCUT2D eigenvalue weighted by Crippen LogP contribution is -2.51. The van der Waals surface area contributed by atoms with Gasteiger partial charge in [0, 0.05) is 17.7 Å². The van der Waals surface area contributed by atoms with Crippen molar-refractivity contribution in [2.24, 2.45) is 5.73 Å². The lowest BCUT2D eigenvalue weighted by molar-refractivity contribution is -0.121. The second-order valence-electron chi connectivity index (χ2n) is 6.43. The molecule has 0 fully saturated rings. The largest absolute Gasteiger partial charge is 0.394 e. The van der Waals surface area contributed by atoms with Crippen molar-refractivity contribution in [3.8, 4) is 11.4 Å². The molecule has 1 aromatic heterocycles. The van der Waals surface area contributed by atoms with E-state index >= 15 is 0 Å². The SMILES string of the molecule is CCCCCCc1nc(-c2ccc(NC(=O)[C@@](C)(N)CO)cc2)no1. The van der Waals surface area contributed by atoms with Gasteiger partial charge < -0.3 is 20.7 Å². The predicted molar refractivity (Wildman–Crippen MR) is 95.9 cm³/mol. The van der Waals surface area contributed by atoms with Gasteiger partial charge in [0.2, 0.25) is 17.6 Å². The summed E-state index contributed by atoms with van der Waals surface area (Å²) >= 11 is 0. The van der Waals surface area contributed by atoms with E-state index in [-0.39, 0.29) is 0 Å². The van der Waals surface area contributed by atoms with Crippen LogP contribution in [0.4, 0.5) is 5.69 Å². The number of nitrogens with two attached hydrogens (primary N) is 1. The van der Waals surface area contributed by atoms with Crippen molar-refractivity contribution in [1.29, 1.82) is 0 Å². The van der Waals surface area contributed by atoms with Crippen LogP contribution in [0.1, 0.15) is 45.4 Å². The fraction of sp³-hybridized carbons (Fsp3) is 0.500. The number of aliphatic hydroxyl groups is 1. The number of unbranched alkanes of at least 4 members (excludes halogenated alkanes) is 3. The molecule has 0 unspecified atom stereocenters. The average Bonchev–Trinajstić information content (AvgIpc) is 3.08. The minimum absolute atomic E-state index is 0.430. The molecule has 0 aliphatic rings. The van der Waals surface area contributed by atoms with Crippen molar-refractivity contribution < 1.29 is 14.4 Å². The van der Waals surface area contributed by atoms with Crippen LogP contribution < -0.4 is 11.1 Å². The zero-order valence-corrected chi connectivity index (χ0v) is 14.8. The van der Waals surface area contributed by atoms with Gasteiger partial charge in [-0.25, -0.2) is 0 Å². The first-order chi connectivity index (χ1) is 12.0. The number of aryl methyl sites for hydroxylation is 1. The Balaban J connectivity index is 1.96. The summed E-state index contributed by atoms with van der Waals surface area (Å²) in [7, 11) is 0. The number of amides is 1. The summed E-state index contributed by atoms with van der Waals surface area (Å²) in [5.74, 6) is 0.726. The lowest BCUT2D eigenvalue weighted by Gasteiger charge is -2.20. The van der Waals surface area contributed by atoms with Gasteiger partial charge in [-0.15, -0.1) is 0 Å². The molecule has 1 atom stereocenters. The Labute approximate surface area is 147 Å². The molecule has 2 rings (SSSR count). The van der Waals surface area contributed by atoms with Gasteiger partial charge in [-0.05, 0) is 37.6 Å². The van der Waals surface area contributed by atoms with Gasteiger partial charge in [0.25, 0.3) is 0 Å². The Bertz CT molecular complexity index is 680. The van der Waals surface area contributed by atoms with Crippen LogP contribution in [0.25, 0.3) is 11.4 Å². The van der Waals surface area contributed by atoms with Crippen molar-refractivity contribution in [3.63, 3.8) is 0 Å². The average molecular weight is 346 g/mol. The van der Waals surface area contributed by atoms with E-state index in [9.17, 15) is 4.79 Å². The van der Waals surface area contributed by atoms with Gasteiger partial charge in [-0.2, -0.15) is 4.98 Å². The van der Waals surface area contributed by atoms with Gasteiger partial charge >= 0.3 is 0 Å². The maximum Gasteiger partial charge on any atom is 0.246 e. The third-order valence-corrected chi connectivity index (χ3v) is 3.96. The van der Waals surface area contributed by atoms with E-state index in [0.717, 1.165) is 24.8 Å². The third-order valence-electron chi connectivity index (χ3n) is 3.96. The highest BCUT2D eigenvalue weighted by molar-refractivity contribution is 5.97. The minimum atomic E-state index is -1.32. The molecule has 0 bridgehead atoms. The van der Waals surface area contributed by atoms with Crippen LogP contribution in [0, 0.1) is 0 Å². The molecule has 1 amide bonds. The van der Waals surface area contributed by atoms with E-state index in [2.05, 4.69) is 22.4 Å². The molecule has 0 aliphatic heterocycles. The topological polar surface area (TPSA) is 114 Å². The van der Waals surface area contributed by atoms with Gasteiger partial charge in [-0.3, -0.25) is 4.79 Å². The molecule has 25 heavy (non-hydrogen) atoms. The van der Waals surface area contributed by atoms with Crippen LogP contribution >= 0.6 is 0 Å². The highest BCUT2D eigenvalue weighted by Crippen LogP contribution is 2.20. The predicted octanol–water partition coefficient (Wildman–Crippen LogP) is 2.51. The van der Waals surface area contributed by atoms with Gasteiger partial charge in [0.1, 0.15) is 5.54 Å². The monoisotopic (exact) mass is 346 g/mol. The number of aromatic nitrogens is 2. The number of carbonyl (C=O) groups excluding carboxylic acids is 1. The number of carbonyl (C=O) groups is 1. The van der Waals surface area contributed by atoms with E-state index < -0.39 is 18.1 Å². The molecule has 0 aliphatic carbocycles.